The molecule has 0 amide bonds. The summed E-state index contributed by atoms with van der Waals surface area (Å²) in [5.74, 6) is 0.378. The van der Waals surface area contributed by atoms with Gasteiger partial charge in [-0.1, -0.05) is 0 Å². The number of hydrogen-bond acceptors (Lipinski definition) is 5. The van der Waals surface area contributed by atoms with Crippen LogP contribution >= 0.6 is 11.8 Å². The molecule has 0 aromatic rings. The lowest BCUT2D eigenvalue weighted by atomic mass is 10.0. The van der Waals surface area contributed by atoms with Gasteiger partial charge in [0.25, 0.3) is 0 Å². The molecule has 4 atom stereocenters. The topological polar surface area (TPSA) is 69.9 Å². The zero-order chi connectivity index (χ0) is 9.35. The summed E-state index contributed by atoms with van der Waals surface area (Å²) in [7, 11) is 1.47. The fourth-order valence-corrected chi connectivity index (χ4v) is 2.26. The van der Waals surface area contributed by atoms with Crippen molar-refractivity contribution in [2.45, 2.75) is 30.2 Å². The molecule has 0 aromatic carbocycles. The van der Waals surface area contributed by atoms with Gasteiger partial charge < -0.3 is 20.1 Å². The van der Waals surface area contributed by atoms with Crippen LogP contribution < -0.4 is 0 Å². The van der Waals surface area contributed by atoms with Crippen molar-refractivity contribution in [3.63, 3.8) is 0 Å². The summed E-state index contributed by atoms with van der Waals surface area (Å²) >= 11 is 1.30. The fourth-order valence-electron chi connectivity index (χ4n) is 1.14. The lowest BCUT2D eigenvalue weighted by Crippen LogP contribution is -2.55. The van der Waals surface area contributed by atoms with Crippen molar-refractivity contribution in [3.05, 3.63) is 0 Å². The Hall–Kier alpha value is 0.190. The molecule has 1 heterocycles. The van der Waals surface area contributed by atoms with E-state index >= 15 is 0 Å². The first kappa shape index (κ1) is 10.3. The second-order valence-electron chi connectivity index (χ2n) is 3.03. The number of aliphatic hydroxyl groups excluding tert-OH is 3. The van der Waals surface area contributed by atoms with Crippen LogP contribution in [0.3, 0.4) is 0 Å². The normalized spacial score (nSPS) is 49.2. The summed E-state index contributed by atoms with van der Waals surface area (Å²) in [5, 5.41) is 28.0. The number of ether oxygens (including phenoxy) is 1. The predicted octanol–water partition coefficient (Wildman–Crippen LogP) is -0.822. The van der Waals surface area contributed by atoms with E-state index in [0.29, 0.717) is 5.75 Å². The number of hydrogen-bond donors (Lipinski definition) is 3. The lowest BCUT2D eigenvalue weighted by Gasteiger charge is -2.41. The fraction of sp³-hybridized carbons (Fsp3) is 1.00. The highest BCUT2D eigenvalue weighted by molar-refractivity contribution is 8.00. The number of thioether (sulfide) groups is 1. The van der Waals surface area contributed by atoms with E-state index < -0.39 is 23.2 Å². The summed E-state index contributed by atoms with van der Waals surface area (Å²) in [4.78, 5) is -0.807. The van der Waals surface area contributed by atoms with Crippen LogP contribution in [0.5, 0.6) is 0 Å². The zero-order valence-corrected chi connectivity index (χ0v) is 7.91. The van der Waals surface area contributed by atoms with E-state index in [2.05, 4.69) is 0 Å². The summed E-state index contributed by atoms with van der Waals surface area (Å²) in [6.07, 6.45) is -3.03. The summed E-state index contributed by atoms with van der Waals surface area (Å²) in [5.41, 5.74) is 0. The van der Waals surface area contributed by atoms with Crippen LogP contribution in [-0.4, -0.2) is 51.4 Å². The van der Waals surface area contributed by atoms with Crippen LogP contribution in [0.1, 0.15) is 6.92 Å². The van der Waals surface area contributed by atoms with Crippen LogP contribution in [0, 0.1) is 0 Å². The minimum absolute atomic E-state index is 0.378. The smallest absolute Gasteiger partial charge is 0.139 e. The molecule has 1 saturated heterocycles. The molecule has 1 fully saturated rings. The minimum atomic E-state index is -1.11. The van der Waals surface area contributed by atoms with Gasteiger partial charge in [0.2, 0.25) is 0 Å². The average Bonchev–Trinajstić information content (AvgIpc) is 2.09. The van der Waals surface area contributed by atoms with Gasteiger partial charge in [0.05, 0.1) is 6.10 Å². The van der Waals surface area contributed by atoms with Gasteiger partial charge in [-0.15, -0.1) is 11.8 Å². The standard InChI is InChI=1S/C7H14O4S/c1-7(11-2)6(10)5(9)4(8)3-12-7/h4-6,8-10H,3H2,1-2H3/t4-,5-,6+,7?/m1/s1. The Labute approximate surface area is 75.5 Å². The van der Waals surface area contributed by atoms with Crippen molar-refractivity contribution < 1.29 is 20.1 Å². The van der Waals surface area contributed by atoms with E-state index in [4.69, 9.17) is 4.74 Å². The molecule has 1 rings (SSSR count). The third kappa shape index (κ3) is 1.60. The van der Waals surface area contributed by atoms with Gasteiger partial charge in [-0.25, -0.2) is 0 Å². The molecule has 0 spiro atoms. The Bertz CT molecular complexity index is 165. The Morgan fingerprint density at radius 2 is 2.00 bits per heavy atom. The SMILES string of the molecule is COC1(C)SC[C@@H](O)[C@@H](O)[C@@H]1O. The first-order valence-corrected chi connectivity index (χ1v) is 4.73. The maximum Gasteiger partial charge on any atom is 0.139 e. The number of methoxy groups -OCH3 is 1. The highest BCUT2D eigenvalue weighted by Crippen LogP contribution is 2.36. The molecule has 1 unspecified atom stereocenters. The van der Waals surface area contributed by atoms with Crippen molar-refractivity contribution >= 4 is 11.8 Å². The molecule has 4 nitrogen and oxygen atoms in total. The highest BCUT2D eigenvalue weighted by Gasteiger charge is 2.45. The van der Waals surface area contributed by atoms with Crippen LogP contribution in [0.25, 0.3) is 0 Å². The van der Waals surface area contributed by atoms with Gasteiger partial charge in [-0.05, 0) is 6.92 Å². The van der Waals surface area contributed by atoms with E-state index in [9.17, 15) is 15.3 Å². The van der Waals surface area contributed by atoms with Crippen molar-refractivity contribution in [1.82, 2.24) is 0 Å². The van der Waals surface area contributed by atoms with Crippen molar-refractivity contribution in [2.24, 2.45) is 0 Å². The highest BCUT2D eigenvalue weighted by atomic mass is 32.2. The van der Waals surface area contributed by atoms with Gasteiger partial charge in [-0.2, -0.15) is 0 Å². The monoisotopic (exact) mass is 194 g/mol. The van der Waals surface area contributed by atoms with Crippen LogP contribution in [-0.2, 0) is 4.74 Å². The molecule has 0 radical (unpaired) electrons. The van der Waals surface area contributed by atoms with Crippen molar-refractivity contribution in [1.29, 1.82) is 0 Å². The summed E-state index contributed by atoms with van der Waals surface area (Å²) in [6, 6.07) is 0. The minimum Gasteiger partial charge on any atom is -0.389 e. The molecule has 0 aromatic heterocycles. The molecule has 5 heteroatoms. The van der Waals surface area contributed by atoms with Gasteiger partial charge in [-0.3, -0.25) is 0 Å². The summed E-state index contributed by atoms with van der Waals surface area (Å²) < 4.78 is 5.05. The largest absolute Gasteiger partial charge is 0.389 e. The number of aliphatic hydroxyl groups is 3. The maximum absolute atomic E-state index is 9.51. The molecule has 1 aliphatic heterocycles. The molecule has 0 saturated carbocycles. The molecule has 3 N–H and O–H groups in total. The van der Waals surface area contributed by atoms with Gasteiger partial charge >= 0.3 is 0 Å². The number of rotatable bonds is 1. The van der Waals surface area contributed by atoms with E-state index in [1.807, 2.05) is 0 Å². The third-order valence-corrected chi connectivity index (χ3v) is 3.69. The first-order valence-electron chi connectivity index (χ1n) is 3.74. The van der Waals surface area contributed by atoms with Crippen LogP contribution in [0.4, 0.5) is 0 Å². The third-order valence-electron chi connectivity index (χ3n) is 2.20. The van der Waals surface area contributed by atoms with Gasteiger partial charge in [0.15, 0.2) is 0 Å². The Morgan fingerprint density at radius 1 is 1.42 bits per heavy atom. The second-order valence-corrected chi connectivity index (χ2v) is 4.47. The Balaban J connectivity index is 2.71. The van der Waals surface area contributed by atoms with E-state index in [0.717, 1.165) is 0 Å². The first-order chi connectivity index (χ1) is 5.51. The van der Waals surface area contributed by atoms with Gasteiger partial charge in [0, 0.05) is 12.9 Å². The van der Waals surface area contributed by atoms with E-state index in [-0.39, 0.29) is 0 Å². The van der Waals surface area contributed by atoms with Crippen molar-refractivity contribution in [2.75, 3.05) is 12.9 Å². The van der Waals surface area contributed by atoms with Gasteiger partial charge in [0.1, 0.15) is 17.1 Å². The van der Waals surface area contributed by atoms with E-state index in [1.54, 1.807) is 6.92 Å². The molecule has 12 heavy (non-hydrogen) atoms. The van der Waals surface area contributed by atoms with Crippen LogP contribution in [0.15, 0.2) is 0 Å². The molecule has 0 bridgehead atoms. The summed E-state index contributed by atoms with van der Waals surface area (Å²) in [6.45, 7) is 1.69. The zero-order valence-electron chi connectivity index (χ0n) is 7.10. The maximum atomic E-state index is 9.51. The molecule has 0 aliphatic carbocycles. The van der Waals surface area contributed by atoms with E-state index in [1.165, 1.54) is 18.9 Å². The quantitative estimate of drug-likeness (QED) is 0.509. The molecular formula is C7H14O4S. The Morgan fingerprint density at radius 3 is 2.50 bits per heavy atom. The van der Waals surface area contributed by atoms with Crippen LogP contribution in [0.2, 0.25) is 0 Å². The Kier molecular flexibility index (Phi) is 3.01. The van der Waals surface area contributed by atoms with Crippen molar-refractivity contribution in [3.8, 4) is 0 Å². The molecule has 72 valence electrons. The molecular weight excluding hydrogens is 180 g/mol. The predicted molar refractivity (Wildman–Crippen MR) is 45.9 cm³/mol. The average molecular weight is 194 g/mol. The lowest BCUT2D eigenvalue weighted by molar-refractivity contribution is -0.124. The molecule has 1 aliphatic rings. The second kappa shape index (κ2) is 3.51.